The number of pyridine rings is 1. The van der Waals surface area contributed by atoms with E-state index in [1.165, 1.54) is 9.13 Å². The van der Waals surface area contributed by atoms with Crippen molar-refractivity contribution in [1.29, 1.82) is 0 Å². The summed E-state index contributed by atoms with van der Waals surface area (Å²) in [5.74, 6) is -0.343. The summed E-state index contributed by atoms with van der Waals surface area (Å²) in [6, 6.07) is 11.2. The van der Waals surface area contributed by atoms with E-state index in [0.717, 1.165) is 10.5 Å². The quantitative estimate of drug-likeness (QED) is 0.516. The van der Waals surface area contributed by atoms with Crippen molar-refractivity contribution in [2.45, 2.75) is 31.5 Å². The lowest BCUT2D eigenvalue weighted by atomic mass is 10.2. The van der Waals surface area contributed by atoms with Crippen molar-refractivity contribution >= 4 is 28.8 Å². The van der Waals surface area contributed by atoms with Crippen LogP contribution in [-0.4, -0.2) is 26.3 Å². The van der Waals surface area contributed by atoms with Crippen LogP contribution in [0.3, 0.4) is 0 Å². The Balaban J connectivity index is 1.83. The van der Waals surface area contributed by atoms with Gasteiger partial charge in [-0.05, 0) is 43.0 Å². The van der Waals surface area contributed by atoms with Crippen molar-refractivity contribution in [3.05, 3.63) is 68.9 Å². The fourth-order valence-corrected chi connectivity index (χ4v) is 3.25. The fourth-order valence-electron chi connectivity index (χ4n) is 2.84. The van der Waals surface area contributed by atoms with Crippen LogP contribution >= 0.6 is 11.8 Å². The summed E-state index contributed by atoms with van der Waals surface area (Å²) in [6.07, 6.45) is 3.56. The number of aromatic nitrogens is 3. The van der Waals surface area contributed by atoms with Gasteiger partial charge in [0.05, 0.1) is 5.52 Å². The number of aryl methyl sites for hydroxylation is 1. The third-order valence-electron chi connectivity index (χ3n) is 4.25. The van der Waals surface area contributed by atoms with Crippen molar-refractivity contribution in [3.63, 3.8) is 0 Å². The molecule has 1 aromatic carbocycles. The van der Waals surface area contributed by atoms with E-state index in [1.54, 1.807) is 37.0 Å². The number of rotatable bonds is 6. The zero-order valence-corrected chi connectivity index (χ0v) is 16.0. The summed E-state index contributed by atoms with van der Waals surface area (Å²) in [7, 11) is 0. The average molecular weight is 384 g/mol. The predicted octanol–water partition coefficient (Wildman–Crippen LogP) is 1.62. The lowest BCUT2D eigenvalue weighted by molar-refractivity contribution is -0.121. The number of amides is 1. The Morgan fingerprint density at radius 1 is 1.11 bits per heavy atom. The van der Waals surface area contributed by atoms with Gasteiger partial charge in [0.1, 0.15) is 6.54 Å². The Kier molecular flexibility index (Phi) is 5.75. The van der Waals surface area contributed by atoms with Gasteiger partial charge in [-0.1, -0.05) is 12.1 Å². The summed E-state index contributed by atoms with van der Waals surface area (Å²) in [4.78, 5) is 42.5. The van der Waals surface area contributed by atoms with Crippen molar-refractivity contribution in [3.8, 4) is 0 Å². The normalized spacial score (nSPS) is 10.9. The SMILES string of the molecule is CCn1c(=O)c(=O)n(CC(=O)NCc2ccc(SC)cc2)c2cccnc21. The van der Waals surface area contributed by atoms with Crippen molar-refractivity contribution in [2.24, 2.45) is 0 Å². The van der Waals surface area contributed by atoms with E-state index < -0.39 is 11.1 Å². The molecule has 3 aromatic rings. The maximum atomic E-state index is 12.5. The Morgan fingerprint density at radius 3 is 2.48 bits per heavy atom. The largest absolute Gasteiger partial charge is 0.350 e. The Hall–Kier alpha value is -2.87. The molecular formula is C19H20N4O3S. The molecule has 0 atom stereocenters. The van der Waals surface area contributed by atoms with E-state index in [1.807, 2.05) is 30.5 Å². The van der Waals surface area contributed by atoms with Gasteiger partial charge in [0.2, 0.25) is 5.91 Å². The molecule has 0 aliphatic heterocycles. The van der Waals surface area contributed by atoms with Crippen LogP contribution in [0.5, 0.6) is 0 Å². The Bertz CT molecular complexity index is 1090. The molecular weight excluding hydrogens is 364 g/mol. The van der Waals surface area contributed by atoms with Crippen LogP contribution < -0.4 is 16.4 Å². The summed E-state index contributed by atoms with van der Waals surface area (Å²) in [5.41, 5.74) is 0.413. The van der Waals surface area contributed by atoms with Crippen LogP contribution in [0.15, 0.2) is 57.1 Å². The van der Waals surface area contributed by atoms with Crippen molar-refractivity contribution < 1.29 is 4.79 Å². The van der Waals surface area contributed by atoms with Crippen LogP contribution in [0, 0.1) is 0 Å². The second-order valence-corrected chi connectivity index (χ2v) is 6.79. The maximum Gasteiger partial charge on any atom is 0.318 e. The molecule has 0 aliphatic carbocycles. The van der Waals surface area contributed by atoms with Gasteiger partial charge in [-0.25, -0.2) is 4.98 Å². The average Bonchev–Trinajstić information content (AvgIpc) is 2.70. The van der Waals surface area contributed by atoms with Gasteiger partial charge in [0, 0.05) is 24.2 Å². The second-order valence-electron chi connectivity index (χ2n) is 5.91. The van der Waals surface area contributed by atoms with Crippen LogP contribution in [-0.2, 0) is 24.4 Å². The van der Waals surface area contributed by atoms with E-state index >= 15 is 0 Å². The first-order chi connectivity index (χ1) is 13.0. The van der Waals surface area contributed by atoms with Crippen LogP contribution in [0.4, 0.5) is 0 Å². The van der Waals surface area contributed by atoms with Crippen LogP contribution in [0.1, 0.15) is 12.5 Å². The third-order valence-corrected chi connectivity index (χ3v) is 5.00. The summed E-state index contributed by atoms with van der Waals surface area (Å²) >= 11 is 1.65. The standard InChI is InChI=1S/C19H20N4O3S/c1-3-22-17-15(5-4-10-20-17)23(19(26)18(22)25)12-16(24)21-11-13-6-8-14(27-2)9-7-13/h4-10H,3,11-12H2,1-2H3,(H,21,24). The number of nitrogens with one attached hydrogen (secondary N) is 1. The highest BCUT2D eigenvalue weighted by molar-refractivity contribution is 7.98. The molecule has 3 rings (SSSR count). The van der Waals surface area contributed by atoms with E-state index in [4.69, 9.17) is 0 Å². The van der Waals surface area contributed by atoms with Crippen molar-refractivity contribution in [2.75, 3.05) is 6.26 Å². The van der Waals surface area contributed by atoms with Gasteiger partial charge >= 0.3 is 11.1 Å². The molecule has 140 valence electrons. The van der Waals surface area contributed by atoms with Gasteiger partial charge in [0.25, 0.3) is 0 Å². The molecule has 1 amide bonds. The molecule has 8 heteroatoms. The van der Waals surface area contributed by atoms with E-state index in [0.29, 0.717) is 24.3 Å². The number of hydrogen-bond acceptors (Lipinski definition) is 5. The minimum Gasteiger partial charge on any atom is -0.350 e. The number of fused-ring (bicyclic) bond motifs is 1. The summed E-state index contributed by atoms with van der Waals surface area (Å²) < 4.78 is 2.50. The molecule has 2 aromatic heterocycles. The molecule has 0 fully saturated rings. The summed E-state index contributed by atoms with van der Waals surface area (Å²) in [6.45, 7) is 2.23. The van der Waals surface area contributed by atoms with Crippen LogP contribution in [0.25, 0.3) is 11.2 Å². The first-order valence-electron chi connectivity index (χ1n) is 8.53. The molecule has 0 saturated carbocycles. The zero-order valence-electron chi connectivity index (χ0n) is 15.1. The number of carbonyl (C=O) groups is 1. The van der Waals surface area contributed by atoms with Gasteiger partial charge in [0.15, 0.2) is 5.65 Å². The lowest BCUT2D eigenvalue weighted by Gasteiger charge is -2.13. The number of carbonyl (C=O) groups excluding carboxylic acids is 1. The minimum absolute atomic E-state index is 0.232. The number of nitrogens with zero attached hydrogens (tertiary/aromatic N) is 3. The first kappa shape index (κ1) is 18.9. The topological polar surface area (TPSA) is 86.0 Å². The van der Waals surface area contributed by atoms with E-state index in [-0.39, 0.29) is 12.5 Å². The molecule has 0 radical (unpaired) electrons. The molecule has 0 saturated heterocycles. The van der Waals surface area contributed by atoms with Gasteiger partial charge < -0.3 is 5.32 Å². The third kappa shape index (κ3) is 3.95. The van der Waals surface area contributed by atoms with Crippen LogP contribution in [0.2, 0.25) is 0 Å². The molecule has 0 spiro atoms. The lowest BCUT2D eigenvalue weighted by Crippen LogP contribution is -2.43. The molecule has 27 heavy (non-hydrogen) atoms. The number of benzene rings is 1. The molecule has 0 aliphatic rings. The highest BCUT2D eigenvalue weighted by atomic mass is 32.2. The predicted molar refractivity (Wildman–Crippen MR) is 106 cm³/mol. The molecule has 0 bridgehead atoms. The number of hydrogen-bond donors (Lipinski definition) is 1. The fraction of sp³-hybridized carbons (Fsp3) is 0.263. The molecule has 0 unspecified atom stereocenters. The Labute approximate surface area is 160 Å². The molecule has 7 nitrogen and oxygen atoms in total. The smallest absolute Gasteiger partial charge is 0.318 e. The van der Waals surface area contributed by atoms with Gasteiger partial charge in [-0.15, -0.1) is 11.8 Å². The highest BCUT2D eigenvalue weighted by Gasteiger charge is 2.15. The summed E-state index contributed by atoms with van der Waals surface area (Å²) in [5, 5.41) is 2.79. The monoisotopic (exact) mass is 384 g/mol. The molecule has 2 heterocycles. The van der Waals surface area contributed by atoms with Gasteiger partial charge in [-0.2, -0.15) is 0 Å². The maximum absolute atomic E-state index is 12.5. The zero-order chi connectivity index (χ0) is 19.4. The Morgan fingerprint density at radius 2 is 1.81 bits per heavy atom. The van der Waals surface area contributed by atoms with Gasteiger partial charge in [-0.3, -0.25) is 23.5 Å². The highest BCUT2D eigenvalue weighted by Crippen LogP contribution is 2.14. The van der Waals surface area contributed by atoms with Crippen molar-refractivity contribution in [1.82, 2.24) is 19.4 Å². The number of thioether (sulfide) groups is 1. The molecule has 1 N–H and O–H groups in total. The van der Waals surface area contributed by atoms with E-state index in [9.17, 15) is 14.4 Å². The minimum atomic E-state index is -0.725. The second kappa shape index (κ2) is 8.22. The first-order valence-corrected chi connectivity index (χ1v) is 9.75. The van der Waals surface area contributed by atoms with E-state index in [2.05, 4.69) is 10.3 Å².